The summed E-state index contributed by atoms with van der Waals surface area (Å²) < 4.78 is 0. The summed E-state index contributed by atoms with van der Waals surface area (Å²) in [6.07, 6.45) is 1.58. The number of rotatable bonds is 5. The first-order valence-electron chi connectivity index (χ1n) is 5.14. The average Bonchev–Trinajstić information content (AvgIpc) is 2.35. The van der Waals surface area contributed by atoms with Crippen LogP contribution < -0.4 is 5.32 Å². The Morgan fingerprint density at radius 2 is 2.00 bits per heavy atom. The molecule has 3 nitrogen and oxygen atoms in total. The van der Waals surface area contributed by atoms with Gasteiger partial charge < -0.3 is 5.32 Å². The molecule has 0 spiro atoms. The van der Waals surface area contributed by atoms with Crippen molar-refractivity contribution in [2.45, 2.75) is 6.92 Å². The molecule has 0 saturated heterocycles. The van der Waals surface area contributed by atoms with Crippen molar-refractivity contribution >= 4 is 11.7 Å². The van der Waals surface area contributed by atoms with Crippen LogP contribution in [0.1, 0.15) is 17.3 Å². The largest absolute Gasteiger partial charge is 0.352 e. The van der Waals surface area contributed by atoms with E-state index in [0.717, 1.165) is 0 Å². The molecule has 0 saturated carbocycles. The number of Topliss-reactive ketones (excluding diaryl/α,β-unsaturated/α-hetero) is 1. The van der Waals surface area contributed by atoms with E-state index < -0.39 is 5.92 Å². The Balaban J connectivity index is 2.67. The Hall–Kier alpha value is -1.90. The zero-order valence-electron chi connectivity index (χ0n) is 9.27. The number of carbonyl (C=O) groups excluding carboxylic acids is 2. The maximum atomic E-state index is 11.9. The van der Waals surface area contributed by atoms with E-state index in [9.17, 15) is 9.59 Å². The summed E-state index contributed by atoms with van der Waals surface area (Å²) in [7, 11) is 0. The van der Waals surface area contributed by atoms with Crippen molar-refractivity contribution < 1.29 is 9.59 Å². The molecule has 84 valence electrons. The van der Waals surface area contributed by atoms with E-state index >= 15 is 0 Å². The van der Waals surface area contributed by atoms with E-state index in [1.165, 1.54) is 0 Å². The van der Waals surface area contributed by atoms with Gasteiger partial charge in [-0.15, -0.1) is 6.58 Å². The molecule has 3 heteroatoms. The highest BCUT2D eigenvalue weighted by molar-refractivity contribution is 6.09. The van der Waals surface area contributed by atoms with Gasteiger partial charge in [-0.2, -0.15) is 0 Å². The fourth-order valence-electron chi connectivity index (χ4n) is 1.30. The molecule has 0 heterocycles. The van der Waals surface area contributed by atoms with Crippen LogP contribution in [0.3, 0.4) is 0 Å². The lowest BCUT2D eigenvalue weighted by molar-refractivity contribution is -0.122. The number of carbonyl (C=O) groups is 2. The average molecular weight is 217 g/mol. The highest BCUT2D eigenvalue weighted by atomic mass is 16.2. The van der Waals surface area contributed by atoms with Gasteiger partial charge in [-0.25, -0.2) is 0 Å². The summed E-state index contributed by atoms with van der Waals surface area (Å²) in [5.41, 5.74) is 0.559. The van der Waals surface area contributed by atoms with Gasteiger partial charge in [-0.3, -0.25) is 9.59 Å². The fourth-order valence-corrected chi connectivity index (χ4v) is 1.30. The van der Waals surface area contributed by atoms with Gasteiger partial charge in [-0.05, 0) is 6.92 Å². The van der Waals surface area contributed by atoms with Crippen molar-refractivity contribution in [3.63, 3.8) is 0 Å². The Morgan fingerprint density at radius 1 is 1.38 bits per heavy atom. The predicted octanol–water partition coefficient (Wildman–Crippen LogP) is 1.81. The van der Waals surface area contributed by atoms with Gasteiger partial charge in [0.05, 0.1) is 5.92 Å². The smallest absolute Gasteiger partial charge is 0.230 e. The van der Waals surface area contributed by atoms with Crippen molar-refractivity contribution in [3.05, 3.63) is 48.6 Å². The van der Waals surface area contributed by atoms with Crippen LogP contribution in [0.2, 0.25) is 0 Å². The third-order valence-electron chi connectivity index (χ3n) is 2.27. The highest BCUT2D eigenvalue weighted by Crippen LogP contribution is 2.08. The maximum Gasteiger partial charge on any atom is 0.230 e. The Bertz CT molecular complexity index is 384. The molecule has 1 aromatic rings. The molecule has 1 aromatic carbocycles. The van der Waals surface area contributed by atoms with Crippen molar-refractivity contribution in [1.82, 2.24) is 5.32 Å². The van der Waals surface area contributed by atoms with Gasteiger partial charge in [0.25, 0.3) is 0 Å². The summed E-state index contributed by atoms with van der Waals surface area (Å²) in [6.45, 7) is 5.48. The predicted molar refractivity (Wildman–Crippen MR) is 63.1 cm³/mol. The first-order valence-corrected chi connectivity index (χ1v) is 5.14. The topological polar surface area (TPSA) is 46.2 Å². The number of nitrogens with one attached hydrogen (secondary N) is 1. The second kappa shape index (κ2) is 5.85. The zero-order chi connectivity index (χ0) is 12.0. The number of hydrogen-bond acceptors (Lipinski definition) is 2. The molecule has 0 aliphatic rings. The van der Waals surface area contributed by atoms with Crippen LogP contribution in [0.25, 0.3) is 0 Å². The van der Waals surface area contributed by atoms with Crippen LogP contribution >= 0.6 is 0 Å². The van der Waals surface area contributed by atoms with Crippen molar-refractivity contribution in [1.29, 1.82) is 0 Å². The van der Waals surface area contributed by atoms with E-state index in [1.54, 1.807) is 37.3 Å². The minimum absolute atomic E-state index is 0.165. The minimum atomic E-state index is -0.664. The third-order valence-corrected chi connectivity index (χ3v) is 2.27. The van der Waals surface area contributed by atoms with E-state index in [-0.39, 0.29) is 11.7 Å². The molecule has 0 radical (unpaired) electrons. The van der Waals surface area contributed by atoms with Crippen LogP contribution in [0.4, 0.5) is 0 Å². The van der Waals surface area contributed by atoms with Gasteiger partial charge in [0.1, 0.15) is 0 Å². The lowest BCUT2D eigenvalue weighted by Gasteiger charge is -2.09. The third kappa shape index (κ3) is 3.05. The second-order valence-corrected chi connectivity index (χ2v) is 3.49. The molecule has 0 fully saturated rings. The monoisotopic (exact) mass is 217 g/mol. The van der Waals surface area contributed by atoms with E-state index in [1.807, 2.05) is 6.07 Å². The quantitative estimate of drug-likeness (QED) is 0.464. The molecular formula is C13H15NO2. The second-order valence-electron chi connectivity index (χ2n) is 3.49. The van der Waals surface area contributed by atoms with Gasteiger partial charge in [0.15, 0.2) is 5.78 Å². The lowest BCUT2D eigenvalue weighted by Crippen LogP contribution is -2.33. The SMILES string of the molecule is C=CCNC(=O)[C@@H](C)C(=O)c1ccccc1. The van der Waals surface area contributed by atoms with Gasteiger partial charge >= 0.3 is 0 Å². The van der Waals surface area contributed by atoms with E-state index in [4.69, 9.17) is 0 Å². The van der Waals surface area contributed by atoms with Crippen LogP contribution in [0, 0.1) is 5.92 Å². The van der Waals surface area contributed by atoms with E-state index in [2.05, 4.69) is 11.9 Å². The molecule has 1 amide bonds. The summed E-state index contributed by atoms with van der Waals surface area (Å²) in [4.78, 5) is 23.4. The molecule has 0 aliphatic heterocycles. The molecule has 0 bridgehead atoms. The lowest BCUT2D eigenvalue weighted by atomic mass is 9.99. The summed E-state index contributed by atoms with van der Waals surface area (Å²) in [6, 6.07) is 8.81. The number of benzene rings is 1. The molecule has 1 rings (SSSR count). The molecule has 1 N–H and O–H groups in total. The maximum absolute atomic E-state index is 11.9. The molecule has 0 aromatic heterocycles. The molecule has 16 heavy (non-hydrogen) atoms. The standard InChI is InChI=1S/C13H15NO2/c1-3-9-14-13(16)10(2)12(15)11-7-5-4-6-8-11/h3-8,10H,1,9H2,2H3,(H,14,16)/t10-/m0/s1. The van der Waals surface area contributed by atoms with Crippen LogP contribution in [-0.2, 0) is 4.79 Å². The number of ketones is 1. The van der Waals surface area contributed by atoms with Crippen LogP contribution in [0.15, 0.2) is 43.0 Å². The van der Waals surface area contributed by atoms with Gasteiger partial charge in [0, 0.05) is 12.1 Å². The first-order chi connectivity index (χ1) is 7.66. The minimum Gasteiger partial charge on any atom is -0.352 e. The van der Waals surface area contributed by atoms with Crippen LogP contribution in [0.5, 0.6) is 0 Å². The fraction of sp³-hybridized carbons (Fsp3) is 0.231. The molecular weight excluding hydrogens is 202 g/mol. The Labute approximate surface area is 95.2 Å². The Kier molecular flexibility index (Phi) is 4.45. The van der Waals surface area contributed by atoms with Crippen molar-refractivity contribution in [3.8, 4) is 0 Å². The number of amides is 1. The van der Waals surface area contributed by atoms with Crippen molar-refractivity contribution in [2.75, 3.05) is 6.54 Å². The summed E-state index contributed by atoms with van der Waals surface area (Å²) >= 11 is 0. The molecule has 0 unspecified atom stereocenters. The van der Waals surface area contributed by atoms with Gasteiger partial charge in [-0.1, -0.05) is 36.4 Å². The summed E-state index contributed by atoms with van der Waals surface area (Å²) in [5, 5.41) is 2.60. The number of hydrogen-bond donors (Lipinski definition) is 1. The van der Waals surface area contributed by atoms with Crippen molar-refractivity contribution in [2.24, 2.45) is 5.92 Å². The van der Waals surface area contributed by atoms with E-state index in [0.29, 0.717) is 12.1 Å². The highest BCUT2D eigenvalue weighted by Gasteiger charge is 2.21. The Morgan fingerprint density at radius 3 is 2.56 bits per heavy atom. The summed E-state index contributed by atoms with van der Waals surface area (Å²) in [5.74, 6) is -1.10. The molecule has 1 atom stereocenters. The molecule has 0 aliphatic carbocycles. The van der Waals surface area contributed by atoms with Crippen LogP contribution in [-0.4, -0.2) is 18.2 Å². The zero-order valence-corrected chi connectivity index (χ0v) is 9.27. The van der Waals surface area contributed by atoms with Gasteiger partial charge in [0.2, 0.25) is 5.91 Å². The first kappa shape index (κ1) is 12.2. The normalized spacial score (nSPS) is 11.6.